The zero-order chi connectivity index (χ0) is 16.8. The molecule has 0 saturated heterocycles. The molecule has 0 aliphatic carbocycles. The third-order valence-corrected chi connectivity index (χ3v) is 4.99. The van der Waals surface area contributed by atoms with Gasteiger partial charge in [-0.25, -0.2) is 12.8 Å². The Kier molecular flexibility index (Phi) is 3.73. The Hall–Kier alpha value is -2.19. The third kappa shape index (κ3) is 2.75. The van der Waals surface area contributed by atoms with Crippen LogP contribution in [-0.4, -0.2) is 39.0 Å². The number of aromatic amines is 1. The Labute approximate surface area is 133 Å². The topological polar surface area (TPSA) is 91.1 Å². The highest BCUT2D eigenvalue weighted by Crippen LogP contribution is 2.32. The highest BCUT2D eigenvalue weighted by atomic mass is 32.2. The lowest BCUT2D eigenvalue weighted by Gasteiger charge is -2.24. The van der Waals surface area contributed by atoms with E-state index in [2.05, 4.69) is 15.6 Å². The Morgan fingerprint density at radius 1 is 1.30 bits per heavy atom. The first-order valence-corrected chi connectivity index (χ1v) is 8.87. The van der Waals surface area contributed by atoms with E-state index in [9.17, 15) is 17.6 Å². The lowest BCUT2D eigenvalue weighted by Crippen LogP contribution is -2.35. The van der Waals surface area contributed by atoms with Crippen LogP contribution < -0.4 is 10.6 Å². The van der Waals surface area contributed by atoms with Crippen molar-refractivity contribution in [2.75, 3.05) is 25.2 Å². The van der Waals surface area contributed by atoms with Crippen LogP contribution in [0.15, 0.2) is 29.2 Å². The summed E-state index contributed by atoms with van der Waals surface area (Å²) in [4.78, 5) is 15.0. The number of carbonyl (C=O) groups is 1. The quantitative estimate of drug-likeness (QED) is 0.789. The van der Waals surface area contributed by atoms with E-state index in [0.29, 0.717) is 17.1 Å². The summed E-state index contributed by atoms with van der Waals surface area (Å²) in [5, 5.41) is 5.89. The van der Waals surface area contributed by atoms with Crippen molar-refractivity contribution in [2.45, 2.75) is 10.9 Å². The molecule has 1 unspecified atom stereocenters. The van der Waals surface area contributed by atoms with Crippen molar-refractivity contribution in [2.24, 2.45) is 0 Å². The van der Waals surface area contributed by atoms with Gasteiger partial charge in [0.25, 0.3) is 0 Å². The molecule has 8 heteroatoms. The Morgan fingerprint density at radius 2 is 2.04 bits per heavy atom. The Balaban J connectivity index is 2.08. The number of nitrogens with one attached hydrogen (secondary N) is 3. The number of hydrogen-bond acceptors (Lipinski definition) is 5. The standard InChI is InChI=1S/C15H16FN3O3S/c1-17-13-6-10-12(20)7-18-14(15(10)19-13)9-4-3-8(5-11(9)16)23(2,21)22/h3-6,14,17-19H,7H2,1-2H3. The monoisotopic (exact) mass is 337 g/mol. The average molecular weight is 337 g/mol. The van der Waals surface area contributed by atoms with Crippen molar-refractivity contribution in [3.05, 3.63) is 46.9 Å². The summed E-state index contributed by atoms with van der Waals surface area (Å²) < 4.78 is 37.5. The highest BCUT2D eigenvalue weighted by Gasteiger charge is 2.30. The van der Waals surface area contributed by atoms with Crippen LogP contribution in [0.1, 0.15) is 27.7 Å². The van der Waals surface area contributed by atoms with Crippen molar-refractivity contribution < 1.29 is 17.6 Å². The molecule has 3 N–H and O–H groups in total. The van der Waals surface area contributed by atoms with E-state index in [1.807, 2.05) is 0 Å². The van der Waals surface area contributed by atoms with Crippen LogP contribution in [0.2, 0.25) is 0 Å². The van der Waals surface area contributed by atoms with Crippen LogP contribution in [0, 0.1) is 5.82 Å². The van der Waals surface area contributed by atoms with Crippen LogP contribution in [0.4, 0.5) is 10.2 Å². The Bertz CT molecular complexity index is 889. The van der Waals surface area contributed by atoms with Gasteiger partial charge in [-0.1, -0.05) is 6.07 Å². The fraction of sp³-hybridized carbons (Fsp3) is 0.267. The molecule has 0 spiro atoms. The van der Waals surface area contributed by atoms with Gasteiger partial charge in [-0.15, -0.1) is 0 Å². The maximum absolute atomic E-state index is 14.4. The van der Waals surface area contributed by atoms with Gasteiger partial charge in [0.2, 0.25) is 0 Å². The molecule has 1 aliphatic rings. The number of ketones is 1. The first kappa shape index (κ1) is 15.7. The average Bonchev–Trinajstić information content (AvgIpc) is 2.92. The molecule has 3 rings (SSSR count). The molecule has 1 aromatic carbocycles. The predicted octanol–water partition coefficient (Wildman–Crippen LogP) is 1.47. The van der Waals surface area contributed by atoms with Gasteiger partial charge in [-0.2, -0.15) is 0 Å². The minimum Gasteiger partial charge on any atom is -0.375 e. The van der Waals surface area contributed by atoms with Crippen molar-refractivity contribution in [1.82, 2.24) is 10.3 Å². The molecule has 1 aliphatic heterocycles. The number of H-pyrrole nitrogens is 1. The van der Waals surface area contributed by atoms with Crippen molar-refractivity contribution in [3.63, 3.8) is 0 Å². The summed E-state index contributed by atoms with van der Waals surface area (Å²) in [6.45, 7) is 0.0892. The van der Waals surface area contributed by atoms with Crippen molar-refractivity contribution >= 4 is 21.4 Å². The molecular formula is C15H16FN3O3S. The van der Waals surface area contributed by atoms with E-state index in [4.69, 9.17) is 0 Å². The maximum Gasteiger partial charge on any atom is 0.178 e. The van der Waals surface area contributed by atoms with E-state index >= 15 is 0 Å². The highest BCUT2D eigenvalue weighted by molar-refractivity contribution is 7.90. The first-order valence-electron chi connectivity index (χ1n) is 6.98. The van der Waals surface area contributed by atoms with Gasteiger partial charge in [0, 0.05) is 30.1 Å². The van der Waals surface area contributed by atoms with Gasteiger partial charge in [-0.3, -0.25) is 10.1 Å². The molecule has 1 atom stereocenters. The van der Waals surface area contributed by atoms with Gasteiger partial charge in [0.15, 0.2) is 15.6 Å². The second-order valence-corrected chi connectivity index (χ2v) is 7.47. The molecule has 122 valence electrons. The predicted molar refractivity (Wildman–Crippen MR) is 84.0 cm³/mol. The number of halogens is 1. The van der Waals surface area contributed by atoms with Gasteiger partial charge in [-0.05, 0) is 18.2 Å². The second kappa shape index (κ2) is 5.47. The molecular weight excluding hydrogens is 321 g/mol. The summed E-state index contributed by atoms with van der Waals surface area (Å²) >= 11 is 0. The zero-order valence-corrected chi connectivity index (χ0v) is 13.4. The maximum atomic E-state index is 14.4. The summed E-state index contributed by atoms with van der Waals surface area (Å²) in [7, 11) is -1.76. The van der Waals surface area contributed by atoms with Crippen LogP contribution in [0.3, 0.4) is 0 Å². The van der Waals surface area contributed by atoms with E-state index in [1.54, 1.807) is 13.1 Å². The largest absolute Gasteiger partial charge is 0.375 e. The van der Waals surface area contributed by atoms with Gasteiger partial charge < -0.3 is 10.3 Å². The fourth-order valence-corrected chi connectivity index (χ4v) is 3.33. The first-order chi connectivity index (χ1) is 10.8. The van der Waals surface area contributed by atoms with Crippen LogP contribution >= 0.6 is 0 Å². The second-order valence-electron chi connectivity index (χ2n) is 5.45. The normalized spacial score (nSPS) is 17.9. The molecule has 2 heterocycles. The smallest absolute Gasteiger partial charge is 0.178 e. The molecule has 0 fully saturated rings. The summed E-state index contributed by atoms with van der Waals surface area (Å²) in [5.74, 6) is -0.0567. The summed E-state index contributed by atoms with van der Waals surface area (Å²) in [6.07, 6.45) is 1.03. The number of rotatable bonds is 3. The minimum absolute atomic E-state index is 0.0757. The van der Waals surface area contributed by atoms with Crippen LogP contribution in [-0.2, 0) is 9.84 Å². The SMILES string of the molecule is CNc1cc2c([nH]1)C(c1ccc(S(C)(=O)=O)cc1F)NCC2=O. The lowest BCUT2D eigenvalue weighted by molar-refractivity contribution is 0.0978. The number of carbonyl (C=O) groups excluding carboxylic acids is 1. The van der Waals surface area contributed by atoms with E-state index in [1.165, 1.54) is 12.1 Å². The van der Waals surface area contributed by atoms with E-state index < -0.39 is 21.7 Å². The number of Topliss-reactive ketones (excluding diaryl/α,β-unsaturated/α-hetero) is 1. The van der Waals surface area contributed by atoms with Crippen molar-refractivity contribution in [3.8, 4) is 0 Å². The Morgan fingerprint density at radius 3 is 2.65 bits per heavy atom. The fourth-order valence-electron chi connectivity index (χ4n) is 2.69. The number of sulfone groups is 1. The number of fused-ring (bicyclic) bond motifs is 1. The molecule has 23 heavy (non-hydrogen) atoms. The molecule has 0 bridgehead atoms. The van der Waals surface area contributed by atoms with Gasteiger partial charge >= 0.3 is 0 Å². The lowest BCUT2D eigenvalue weighted by atomic mass is 9.95. The summed E-state index contributed by atoms with van der Waals surface area (Å²) in [6, 6.07) is 4.95. The number of aromatic nitrogens is 1. The van der Waals surface area contributed by atoms with E-state index in [0.717, 1.165) is 12.3 Å². The van der Waals surface area contributed by atoms with Crippen LogP contribution in [0.25, 0.3) is 0 Å². The van der Waals surface area contributed by atoms with Gasteiger partial charge in [0.1, 0.15) is 11.6 Å². The zero-order valence-electron chi connectivity index (χ0n) is 12.6. The molecule has 6 nitrogen and oxygen atoms in total. The molecule has 2 aromatic rings. The molecule has 0 radical (unpaired) electrons. The molecule has 0 amide bonds. The number of hydrogen-bond donors (Lipinski definition) is 3. The van der Waals surface area contributed by atoms with Gasteiger partial charge in [0.05, 0.1) is 17.5 Å². The van der Waals surface area contributed by atoms with Crippen molar-refractivity contribution in [1.29, 1.82) is 0 Å². The molecule has 1 aromatic heterocycles. The van der Waals surface area contributed by atoms with E-state index in [-0.39, 0.29) is 22.8 Å². The molecule has 0 saturated carbocycles. The van der Waals surface area contributed by atoms with Crippen LogP contribution in [0.5, 0.6) is 0 Å². The number of anilines is 1. The summed E-state index contributed by atoms with van der Waals surface area (Å²) in [5.41, 5.74) is 1.36. The third-order valence-electron chi connectivity index (χ3n) is 3.88. The number of benzene rings is 1. The minimum atomic E-state index is -3.47.